The molecule has 0 radical (unpaired) electrons. The molecule has 2 atom stereocenters. The fourth-order valence-corrected chi connectivity index (χ4v) is 7.69. The van der Waals surface area contributed by atoms with Gasteiger partial charge in [0, 0.05) is 53.1 Å². The first-order valence-electron chi connectivity index (χ1n) is 16.0. The van der Waals surface area contributed by atoms with E-state index >= 15 is 0 Å². The Morgan fingerprint density at radius 2 is 1.74 bits per heavy atom. The molecule has 2 aromatic heterocycles. The second kappa shape index (κ2) is 13.2. The molecule has 0 saturated heterocycles. The smallest absolute Gasteiger partial charge is 0.419 e. The number of hydrogen-bond donors (Lipinski definition) is 0. The summed E-state index contributed by atoms with van der Waals surface area (Å²) < 4.78 is 35.4. The third-order valence-corrected chi connectivity index (χ3v) is 12.1. The Morgan fingerprint density at radius 1 is 1.06 bits per heavy atom. The second-order valence-electron chi connectivity index (χ2n) is 15.7. The van der Waals surface area contributed by atoms with Gasteiger partial charge in [-0.25, -0.2) is 9.78 Å². The summed E-state index contributed by atoms with van der Waals surface area (Å²) in [4.78, 5) is 18.6. The van der Waals surface area contributed by atoms with Crippen LogP contribution in [0.5, 0.6) is 5.75 Å². The number of benzene rings is 2. The number of carbonyl (C=O) groups excluding carboxylic acids is 1. The molecule has 4 rings (SSSR count). The van der Waals surface area contributed by atoms with Gasteiger partial charge in [0.2, 0.25) is 0 Å². The van der Waals surface area contributed by atoms with Gasteiger partial charge in [-0.15, -0.1) is 0 Å². The minimum atomic E-state index is -1.35. The van der Waals surface area contributed by atoms with Crippen molar-refractivity contribution in [2.24, 2.45) is 0 Å². The van der Waals surface area contributed by atoms with Crippen molar-refractivity contribution in [3.63, 3.8) is 0 Å². The van der Waals surface area contributed by atoms with Gasteiger partial charge in [-0.1, -0.05) is 19.6 Å². The summed E-state index contributed by atoms with van der Waals surface area (Å²) in [7, 11) is -1.06. The van der Waals surface area contributed by atoms with E-state index in [2.05, 4.69) is 25.7 Å². The van der Waals surface area contributed by atoms with Crippen LogP contribution in [0.1, 0.15) is 71.0 Å². The Morgan fingerprint density at radius 3 is 2.32 bits per heavy atom. The number of imidazole rings is 1. The lowest BCUT2D eigenvalue weighted by Gasteiger charge is -2.34. The first-order chi connectivity index (χ1) is 21.7. The molecule has 0 saturated carbocycles. The van der Waals surface area contributed by atoms with Gasteiger partial charge in [0.1, 0.15) is 23.9 Å². The van der Waals surface area contributed by atoms with Gasteiger partial charge in [-0.3, -0.25) is 8.78 Å². The average Bonchev–Trinajstić information content (AvgIpc) is 3.55. The molecular weight excluding hydrogens is 629 g/mol. The molecule has 0 amide bonds. The monoisotopic (exact) mass is 678 g/mol. The van der Waals surface area contributed by atoms with Gasteiger partial charge in [0.15, 0.2) is 0 Å². The number of rotatable bonds is 10. The molecule has 4 aromatic rings. The number of methoxy groups -OCH3 is 1. The highest BCUT2D eigenvalue weighted by Crippen LogP contribution is 2.45. The van der Waals surface area contributed by atoms with E-state index in [9.17, 15) is 14.3 Å². The number of nitriles is 1. The minimum Gasteiger partial charge on any atom is -0.496 e. The zero-order valence-corrected chi connectivity index (χ0v) is 31.8. The summed E-state index contributed by atoms with van der Waals surface area (Å²) in [6.07, 6.45) is 1.23. The molecule has 0 aliphatic heterocycles. The van der Waals surface area contributed by atoms with E-state index in [1.165, 1.54) is 4.57 Å². The van der Waals surface area contributed by atoms with Crippen LogP contribution in [-0.2, 0) is 32.4 Å². The molecule has 2 heterocycles. The zero-order valence-electron chi connectivity index (χ0n) is 30.0. The molecule has 2 aromatic carbocycles. The summed E-state index contributed by atoms with van der Waals surface area (Å²) in [6, 6.07) is 12.5. The predicted octanol–water partition coefficient (Wildman–Crippen LogP) is 8.13. The number of hydrogen-bond acceptors (Lipinski definition) is 7. The molecule has 11 heteroatoms. The molecule has 2 unspecified atom stereocenters. The van der Waals surface area contributed by atoms with E-state index in [4.69, 9.17) is 19.2 Å². The lowest BCUT2D eigenvalue weighted by atomic mass is 9.80. The fraction of sp³-hybridized carbons (Fsp3) is 0.528. The molecule has 0 aliphatic carbocycles. The van der Waals surface area contributed by atoms with E-state index in [1.807, 2.05) is 84.2 Å². The number of fused-ring (bicyclic) bond motifs is 2. The molecule has 47 heavy (non-hydrogen) atoms. The van der Waals surface area contributed by atoms with Crippen molar-refractivity contribution < 1.29 is 23.2 Å². The lowest BCUT2D eigenvalue weighted by molar-refractivity contribution is 0.0544. The molecule has 0 spiro atoms. The van der Waals surface area contributed by atoms with Crippen LogP contribution in [0.15, 0.2) is 36.5 Å². The summed E-state index contributed by atoms with van der Waals surface area (Å²) in [6.45, 7) is 23.1. The molecular formula is C36H50N4O5SSi. The van der Waals surface area contributed by atoms with Gasteiger partial charge in [-0.2, -0.15) is 5.26 Å². The Labute approximate surface area is 282 Å². The van der Waals surface area contributed by atoms with Crippen molar-refractivity contribution in [1.29, 1.82) is 5.26 Å². The molecule has 0 N–H and O–H groups in total. The number of aryl methyl sites for hydroxylation is 1. The van der Waals surface area contributed by atoms with Crippen LogP contribution < -0.4 is 4.74 Å². The van der Waals surface area contributed by atoms with Crippen molar-refractivity contribution in [3.05, 3.63) is 59.0 Å². The molecule has 254 valence electrons. The van der Waals surface area contributed by atoms with Crippen LogP contribution >= 0.6 is 0 Å². The van der Waals surface area contributed by atoms with Crippen molar-refractivity contribution in [2.45, 2.75) is 104 Å². The molecule has 0 aliphatic rings. The molecule has 0 fully saturated rings. The third-order valence-electron chi connectivity index (χ3n) is 8.18. The van der Waals surface area contributed by atoms with Crippen LogP contribution in [0, 0.1) is 18.3 Å². The summed E-state index contributed by atoms with van der Waals surface area (Å²) in [5.41, 5.74) is 2.57. The SMILES string of the molecule is COc1cc(C)c2c(ccn2C(=O)OC(C)(C)C)c1C(C)(CS(=O)C(C)(C)C)c1nc2ccc(C#N)cc2n1COCC[Si](C)(C)C. The largest absolute Gasteiger partial charge is 0.496 e. The maximum absolute atomic E-state index is 14.2. The zero-order chi connectivity index (χ0) is 35.1. The maximum atomic E-state index is 14.2. The highest BCUT2D eigenvalue weighted by Gasteiger charge is 2.43. The highest BCUT2D eigenvalue weighted by atomic mass is 32.2. The Balaban J connectivity index is 2.06. The van der Waals surface area contributed by atoms with Crippen molar-refractivity contribution >= 4 is 46.9 Å². The van der Waals surface area contributed by atoms with Gasteiger partial charge in [-0.05, 0) is 97.3 Å². The van der Waals surface area contributed by atoms with Crippen LogP contribution in [-0.4, -0.2) is 62.3 Å². The van der Waals surface area contributed by atoms with Gasteiger partial charge in [0.25, 0.3) is 0 Å². The first-order valence-corrected chi connectivity index (χ1v) is 21.0. The maximum Gasteiger partial charge on any atom is 0.419 e. The van der Waals surface area contributed by atoms with E-state index in [0.29, 0.717) is 34.8 Å². The Bertz CT molecular complexity index is 1870. The fourth-order valence-electron chi connectivity index (χ4n) is 5.71. The van der Waals surface area contributed by atoms with Crippen LogP contribution in [0.3, 0.4) is 0 Å². The van der Waals surface area contributed by atoms with E-state index in [1.54, 1.807) is 19.4 Å². The van der Waals surface area contributed by atoms with E-state index in [0.717, 1.165) is 28.1 Å². The van der Waals surface area contributed by atoms with E-state index in [-0.39, 0.29) is 12.5 Å². The summed E-state index contributed by atoms with van der Waals surface area (Å²) >= 11 is 0. The molecule has 9 nitrogen and oxygen atoms in total. The summed E-state index contributed by atoms with van der Waals surface area (Å²) in [5, 5.41) is 10.5. The van der Waals surface area contributed by atoms with E-state index < -0.39 is 40.7 Å². The minimum absolute atomic E-state index is 0.208. The predicted molar refractivity (Wildman–Crippen MR) is 193 cm³/mol. The Hall–Kier alpha value is -3.46. The van der Waals surface area contributed by atoms with Crippen molar-refractivity contribution in [1.82, 2.24) is 14.1 Å². The quantitative estimate of drug-likeness (QED) is 0.123. The second-order valence-corrected chi connectivity index (χ2v) is 23.5. The normalized spacial score (nSPS) is 14.6. The van der Waals surface area contributed by atoms with Crippen LogP contribution in [0.25, 0.3) is 21.9 Å². The standard InChI is InChI=1S/C36H50N4O5SSi/c1-24-19-29(43-9)30(26-15-16-39(31(24)26)33(41)45-34(2,3)4)36(8,22-46(42)35(5,6)7)32-38-27-14-13-25(21-37)20-28(27)40(32)23-44-17-18-47(10,11)12/h13-16,19-20H,17-18,22-23H2,1-12H3. The van der Waals surface area contributed by atoms with Crippen molar-refractivity contribution in [2.75, 3.05) is 19.5 Å². The topological polar surface area (TPSA) is 108 Å². The molecule has 0 bridgehead atoms. The van der Waals surface area contributed by atoms with Crippen LogP contribution in [0.4, 0.5) is 4.79 Å². The van der Waals surface area contributed by atoms with Crippen LogP contribution in [0.2, 0.25) is 25.7 Å². The van der Waals surface area contributed by atoms with Gasteiger partial charge < -0.3 is 18.8 Å². The number of ether oxygens (including phenoxy) is 3. The average molecular weight is 679 g/mol. The van der Waals surface area contributed by atoms with Crippen molar-refractivity contribution in [3.8, 4) is 11.8 Å². The van der Waals surface area contributed by atoms with Gasteiger partial charge in [0.05, 0.1) is 40.7 Å². The van der Waals surface area contributed by atoms with Gasteiger partial charge >= 0.3 is 6.09 Å². The number of carbonyl (C=O) groups is 1. The first kappa shape index (κ1) is 36.4. The third kappa shape index (κ3) is 7.82. The highest BCUT2D eigenvalue weighted by molar-refractivity contribution is 7.86. The number of nitrogens with zero attached hydrogens (tertiary/aromatic N) is 4. The lowest BCUT2D eigenvalue weighted by Crippen LogP contribution is -2.39. The Kier molecular flexibility index (Phi) is 10.2. The number of aromatic nitrogens is 3. The summed E-state index contributed by atoms with van der Waals surface area (Å²) in [5.74, 6) is 1.45.